The number of halogens is 1. The highest BCUT2D eigenvalue weighted by atomic mass is 19.1. The second kappa shape index (κ2) is 12.3. The highest BCUT2D eigenvalue weighted by Gasteiger charge is 2.30. The van der Waals surface area contributed by atoms with Gasteiger partial charge in [-0.2, -0.15) is 0 Å². The van der Waals surface area contributed by atoms with Crippen LogP contribution >= 0.6 is 0 Å². The maximum Gasteiger partial charge on any atom is 0.258 e. The highest BCUT2D eigenvalue weighted by Crippen LogP contribution is 2.18. The summed E-state index contributed by atoms with van der Waals surface area (Å²) in [6, 6.07) is 11.5. The van der Waals surface area contributed by atoms with Crippen molar-refractivity contribution in [2.24, 2.45) is 4.99 Å². The lowest BCUT2D eigenvalue weighted by Crippen LogP contribution is -2.45. The largest absolute Gasteiger partial charge is 0.497 e. The van der Waals surface area contributed by atoms with Gasteiger partial charge in [0.1, 0.15) is 17.6 Å². The van der Waals surface area contributed by atoms with Gasteiger partial charge in [-0.3, -0.25) is 19.7 Å². The summed E-state index contributed by atoms with van der Waals surface area (Å²) in [4.78, 5) is 47.0. The van der Waals surface area contributed by atoms with Crippen LogP contribution in [0, 0.1) is 5.82 Å². The van der Waals surface area contributed by atoms with Crippen LogP contribution in [-0.4, -0.2) is 72.8 Å². The Balaban J connectivity index is 1.55. The number of aliphatic imine (C=N–C) groups is 1. The summed E-state index contributed by atoms with van der Waals surface area (Å²) >= 11 is 0. The molecule has 1 atom stereocenters. The zero-order chi connectivity index (χ0) is 26.2. The van der Waals surface area contributed by atoms with Crippen LogP contribution in [-0.2, 0) is 9.59 Å². The van der Waals surface area contributed by atoms with E-state index in [1.807, 2.05) is 0 Å². The van der Waals surface area contributed by atoms with Gasteiger partial charge < -0.3 is 19.9 Å². The predicted molar refractivity (Wildman–Crippen MR) is 138 cm³/mol. The van der Waals surface area contributed by atoms with Gasteiger partial charge in [0.15, 0.2) is 0 Å². The van der Waals surface area contributed by atoms with E-state index in [0.717, 1.165) is 44.8 Å². The summed E-state index contributed by atoms with van der Waals surface area (Å²) in [6.07, 6.45) is 3.97. The Labute approximate surface area is 215 Å². The Morgan fingerprint density at radius 2 is 1.78 bits per heavy atom. The molecule has 0 spiro atoms. The molecule has 2 fully saturated rings. The summed E-state index contributed by atoms with van der Waals surface area (Å²) in [5, 5.41) is 5.74. The number of rotatable bonds is 6. The molecule has 2 aromatic rings. The van der Waals surface area contributed by atoms with Gasteiger partial charge in [-0.1, -0.05) is 6.07 Å². The molecule has 0 unspecified atom stereocenters. The quantitative estimate of drug-likeness (QED) is 0.460. The van der Waals surface area contributed by atoms with E-state index in [4.69, 9.17) is 4.74 Å². The van der Waals surface area contributed by atoms with Crippen LogP contribution in [0.25, 0.3) is 0 Å². The number of ether oxygens (including phenoxy) is 1. The molecule has 2 saturated heterocycles. The Bertz CT molecular complexity index is 1150. The number of amides is 3. The molecule has 2 N–H and O–H groups in total. The van der Waals surface area contributed by atoms with E-state index in [9.17, 15) is 18.8 Å². The SMILES string of the molecule is COc1ccc(NC(=N[C@H]2CCCCN(CC(=O)N3CCCC3)C2=O)NC(=O)c2cccc(F)c2)cc1. The Morgan fingerprint density at radius 3 is 2.49 bits per heavy atom. The van der Waals surface area contributed by atoms with Crippen LogP contribution in [0.4, 0.5) is 10.1 Å². The number of carbonyl (C=O) groups excluding carboxylic acids is 3. The first kappa shape index (κ1) is 26.1. The van der Waals surface area contributed by atoms with Crippen molar-refractivity contribution in [2.75, 3.05) is 38.6 Å². The van der Waals surface area contributed by atoms with Gasteiger partial charge in [0.25, 0.3) is 5.91 Å². The summed E-state index contributed by atoms with van der Waals surface area (Å²) in [5.74, 6) is -0.686. The number of carbonyl (C=O) groups is 3. The molecule has 2 aliphatic rings. The maximum atomic E-state index is 13.7. The van der Waals surface area contributed by atoms with E-state index >= 15 is 0 Å². The first-order valence-electron chi connectivity index (χ1n) is 12.6. The predicted octanol–water partition coefficient (Wildman–Crippen LogP) is 3.04. The number of hydrogen-bond acceptors (Lipinski definition) is 5. The molecule has 196 valence electrons. The number of methoxy groups -OCH3 is 1. The van der Waals surface area contributed by atoms with Gasteiger partial charge in [0.05, 0.1) is 13.7 Å². The van der Waals surface area contributed by atoms with Crippen molar-refractivity contribution in [1.82, 2.24) is 15.1 Å². The molecule has 2 aliphatic heterocycles. The van der Waals surface area contributed by atoms with Gasteiger partial charge in [-0.15, -0.1) is 0 Å². The fourth-order valence-corrected chi connectivity index (χ4v) is 4.46. The number of likely N-dealkylation sites (tertiary alicyclic amines) is 2. The van der Waals surface area contributed by atoms with Crippen molar-refractivity contribution in [3.8, 4) is 5.75 Å². The third kappa shape index (κ3) is 7.05. The van der Waals surface area contributed by atoms with Crippen LogP contribution in [0.3, 0.4) is 0 Å². The summed E-state index contributed by atoms with van der Waals surface area (Å²) in [5.41, 5.74) is 0.732. The van der Waals surface area contributed by atoms with E-state index in [0.29, 0.717) is 24.4 Å². The van der Waals surface area contributed by atoms with E-state index in [1.54, 1.807) is 41.2 Å². The third-order valence-corrected chi connectivity index (χ3v) is 6.49. The highest BCUT2D eigenvalue weighted by molar-refractivity contribution is 6.10. The van der Waals surface area contributed by atoms with Crippen molar-refractivity contribution in [3.63, 3.8) is 0 Å². The van der Waals surface area contributed by atoms with Crippen molar-refractivity contribution in [2.45, 2.75) is 38.1 Å². The van der Waals surface area contributed by atoms with E-state index in [1.165, 1.54) is 18.2 Å². The Morgan fingerprint density at radius 1 is 1.05 bits per heavy atom. The third-order valence-electron chi connectivity index (χ3n) is 6.49. The molecular formula is C27H32FN5O4. The summed E-state index contributed by atoms with van der Waals surface area (Å²) in [7, 11) is 1.56. The molecule has 2 heterocycles. The minimum atomic E-state index is -0.776. The lowest BCUT2D eigenvalue weighted by molar-refractivity contribution is -0.140. The first-order chi connectivity index (χ1) is 17.9. The van der Waals surface area contributed by atoms with Crippen LogP contribution < -0.4 is 15.4 Å². The van der Waals surface area contributed by atoms with Crippen molar-refractivity contribution in [1.29, 1.82) is 0 Å². The molecule has 4 rings (SSSR count). The van der Waals surface area contributed by atoms with Crippen molar-refractivity contribution >= 4 is 29.4 Å². The van der Waals surface area contributed by atoms with Crippen molar-refractivity contribution < 1.29 is 23.5 Å². The average Bonchev–Trinajstić information content (AvgIpc) is 3.39. The molecule has 10 heteroatoms. The average molecular weight is 510 g/mol. The fourth-order valence-electron chi connectivity index (χ4n) is 4.46. The molecule has 37 heavy (non-hydrogen) atoms. The minimum Gasteiger partial charge on any atom is -0.497 e. The molecule has 0 radical (unpaired) electrons. The monoisotopic (exact) mass is 509 g/mol. The molecular weight excluding hydrogens is 477 g/mol. The minimum absolute atomic E-state index is 0.0295. The fraction of sp³-hybridized carbons (Fsp3) is 0.407. The van der Waals surface area contributed by atoms with Crippen LogP contribution in [0.15, 0.2) is 53.5 Å². The van der Waals surface area contributed by atoms with E-state index in [-0.39, 0.29) is 29.9 Å². The zero-order valence-electron chi connectivity index (χ0n) is 20.9. The molecule has 9 nitrogen and oxygen atoms in total. The number of anilines is 1. The number of nitrogens with zero attached hydrogens (tertiary/aromatic N) is 3. The zero-order valence-corrected chi connectivity index (χ0v) is 20.9. The summed E-state index contributed by atoms with van der Waals surface area (Å²) < 4.78 is 18.9. The number of hydrogen-bond donors (Lipinski definition) is 2. The molecule has 2 aromatic carbocycles. The normalized spacial score (nSPS) is 18.4. The molecule has 0 aromatic heterocycles. The van der Waals surface area contributed by atoms with Crippen LogP contribution in [0.2, 0.25) is 0 Å². The van der Waals surface area contributed by atoms with Crippen molar-refractivity contribution in [3.05, 3.63) is 59.9 Å². The Kier molecular flexibility index (Phi) is 8.71. The van der Waals surface area contributed by atoms with Gasteiger partial charge in [0, 0.05) is 30.9 Å². The summed E-state index contributed by atoms with van der Waals surface area (Å²) in [6.45, 7) is 1.97. The lowest BCUT2D eigenvalue weighted by Gasteiger charge is -2.25. The van der Waals surface area contributed by atoms with Gasteiger partial charge in [-0.25, -0.2) is 9.38 Å². The van der Waals surface area contributed by atoms with Gasteiger partial charge >= 0.3 is 0 Å². The number of benzene rings is 2. The van der Waals surface area contributed by atoms with Crippen LogP contribution in [0.5, 0.6) is 5.75 Å². The Hall–Kier alpha value is -3.95. The molecule has 0 aliphatic carbocycles. The standard InChI is InChI=1S/C27H32FN5O4/c1-37-22-12-10-21(11-13-22)29-27(31-25(35)19-7-6-8-20(28)17-19)30-23-9-2-3-16-33(26(23)36)18-24(34)32-14-4-5-15-32/h6-8,10-13,17,23H,2-5,9,14-16,18H2,1H3,(H2,29,30,31,35)/t23-/m0/s1. The molecule has 3 amide bonds. The second-order valence-corrected chi connectivity index (χ2v) is 9.15. The van der Waals surface area contributed by atoms with Crippen LogP contribution in [0.1, 0.15) is 42.5 Å². The van der Waals surface area contributed by atoms with E-state index in [2.05, 4.69) is 15.6 Å². The number of nitrogens with one attached hydrogen (secondary N) is 2. The maximum absolute atomic E-state index is 13.7. The molecule has 0 saturated carbocycles. The lowest BCUT2D eigenvalue weighted by atomic mass is 10.1. The van der Waals surface area contributed by atoms with Gasteiger partial charge in [0.2, 0.25) is 17.8 Å². The first-order valence-corrected chi connectivity index (χ1v) is 12.6. The smallest absolute Gasteiger partial charge is 0.258 e. The topological polar surface area (TPSA) is 103 Å². The second-order valence-electron chi connectivity index (χ2n) is 9.15. The molecule has 0 bridgehead atoms. The number of guanidine groups is 1. The van der Waals surface area contributed by atoms with E-state index < -0.39 is 17.8 Å². The van der Waals surface area contributed by atoms with Gasteiger partial charge in [-0.05, 0) is 74.6 Å².